The number of halogens is 3. The van der Waals surface area contributed by atoms with Gasteiger partial charge >= 0.3 is 6.18 Å². The van der Waals surface area contributed by atoms with Crippen LogP contribution in [0.25, 0.3) is 11.5 Å². The van der Waals surface area contributed by atoms with Crippen LogP contribution in [0.4, 0.5) is 19.0 Å². The van der Waals surface area contributed by atoms with Gasteiger partial charge in [0.25, 0.3) is 5.91 Å². The van der Waals surface area contributed by atoms with E-state index < -0.39 is 17.6 Å². The van der Waals surface area contributed by atoms with E-state index in [4.69, 9.17) is 0 Å². The molecule has 5 rings (SSSR count). The van der Waals surface area contributed by atoms with Crippen molar-refractivity contribution in [2.24, 2.45) is 0 Å². The second kappa shape index (κ2) is 8.93. The molecule has 1 amide bonds. The summed E-state index contributed by atoms with van der Waals surface area (Å²) in [4.78, 5) is 17.4. The number of hydrogen-bond donors (Lipinski definition) is 1. The van der Waals surface area contributed by atoms with E-state index >= 15 is 0 Å². The molecule has 0 aliphatic rings. The molecule has 8 nitrogen and oxygen atoms in total. The molecule has 0 spiro atoms. The number of carbonyl (C=O) groups is 1. The molecule has 0 aliphatic carbocycles. The van der Waals surface area contributed by atoms with Gasteiger partial charge in [-0.1, -0.05) is 12.1 Å². The summed E-state index contributed by atoms with van der Waals surface area (Å²) in [6.45, 7) is 0.429. The molecular formula is C24H18F3N7O. The quantitative estimate of drug-likeness (QED) is 0.388. The number of anilines is 1. The molecule has 5 aromatic rings. The minimum Gasteiger partial charge on any atom is -0.308 e. The van der Waals surface area contributed by atoms with Crippen molar-refractivity contribution in [3.05, 3.63) is 108 Å². The molecule has 0 radical (unpaired) electrons. The van der Waals surface area contributed by atoms with Crippen LogP contribution in [0, 0.1) is 0 Å². The van der Waals surface area contributed by atoms with Gasteiger partial charge in [0.05, 0.1) is 29.7 Å². The monoisotopic (exact) mass is 477 g/mol. The van der Waals surface area contributed by atoms with Crippen molar-refractivity contribution in [1.82, 2.24) is 29.1 Å². The highest BCUT2D eigenvalue weighted by Gasteiger charge is 2.31. The smallest absolute Gasteiger partial charge is 0.308 e. The fourth-order valence-electron chi connectivity index (χ4n) is 3.59. The summed E-state index contributed by atoms with van der Waals surface area (Å²) in [5, 5.41) is 11.3. The van der Waals surface area contributed by atoms with Crippen molar-refractivity contribution in [3.8, 4) is 11.5 Å². The Hall–Kier alpha value is -4.67. The van der Waals surface area contributed by atoms with Crippen LogP contribution in [-0.2, 0) is 12.7 Å². The highest BCUT2D eigenvalue weighted by atomic mass is 19.4. The van der Waals surface area contributed by atoms with Gasteiger partial charge in [-0.05, 0) is 42.5 Å². The molecular weight excluding hydrogens is 459 g/mol. The summed E-state index contributed by atoms with van der Waals surface area (Å²) >= 11 is 0. The molecule has 0 saturated carbocycles. The molecule has 11 heteroatoms. The number of nitrogens with one attached hydrogen (secondary N) is 1. The van der Waals surface area contributed by atoms with Gasteiger partial charge in [-0.3, -0.25) is 14.5 Å². The SMILES string of the molecule is O=C(Nc1ccn(Cc2ccccn2)n1)c1cnn(-c2cccc(C(F)(F)F)c2)c1-n1cccc1. The zero-order chi connectivity index (χ0) is 24.4. The number of alkyl halides is 3. The van der Waals surface area contributed by atoms with Crippen molar-refractivity contribution < 1.29 is 18.0 Å². The van der Waals surface area contributed by atoms with Crippen LogP contribution in [0.3, 0.4) is 0 Å². The number of benzene rings is 1. The predicted octanol–water partition coefficient (Wildman–Crippen LogP) is 4.57. The number of amides is 1. The van der Waals surface area contributed by atoms with Gasteiger partial charge < -0.3 is 9.88 Å². The normalized spacial score (nSPS) is 11.5. The van der Waals surface area contributed by atoms with Gasteiger partial charge in [0, 0.05) is 30.9 Å². The van der Waals surface area contributed by atoms with E-state index in [0.29, 0.717) is 18.2 Å². The molecule has 1 N–H and O–H groups in total. The zero-order valence-corrected chi connectivity index (χ0v) is 18.1. The van der Waals surface area contributed by atoms with E-state index in [9.17, 15) is 18.0 Å². The molecule has 0 atom stereocenters. The van der Waals surface area contributed by atoms with Gasteiger partial charge in [-0.15, -0.1) is 0 Å². The fraction of sp³-hybridized carbons (Fsp3) is 0.0833. The van der Waals surface area contributed by atoms with E-state index in [2.05, 4.69) is 20.5 Å². The van der Waals surface area contributed by atoms with Crippen molar-refractivity contribution >= 4 is 11.7 Å². The molecule has 0 bridgehead atoms. The number of pyridine rings is 1. The van der Waals surface area contributed by atoms with Crippen molar-refractivity contribution in [2.45, 2.75) is 12.7 Å². The molecule has 0 aliphatic heterocycles. The summed E-state index contributed by atoms with van der Waals surface area (Å²) in [6, 6.07) is 15.5. The second-order valence-corrected chi connectivity index (χ2v) is 7.61. The first-order chi connectivity index (χ1) is 16.9. The second-order valence-electron chi connectivity index (χ2n) is 7.61. The zero-order valence-electron chi connectivity index (χ0n) is 18.1. The van der Waals surface area contributed by atoms with Crippen LogP contribution < -0.4 is 5.32 Å². The predicted molar refractivity (Wildman–Crippen MR) is 121 cm³/mol. The third-order valence-corrected chi connectivity index (χ3v) is 5.19. The topological polar surface area (TPSA) is 82.6 Å². The summed E-state index contributed by atoms with van der Waals surface area (Å²) in [5.41, 5.74) is 0.333. The first-order valence-electron chi connectivity index (χ1n) is 10.5. The average molecular weight is 477 g/mol. The van der Waals surface area contributed by atoms with Crippen LogP contribution in [0.15, 0.2) is 91.6 Å². The standard InChI is InChI=1S/C24H18F3N7O/c25-24(26,27)17-6-5-8-19(14-17)34-23(32-11-3-4-12-32)20(15-29-34)22(35)30-21-9-13-33(31-21)16-18-7-1-2-10-28-18/h1-15H,16H2,(H,30,31,35). The third-order valence-electron chi connectivity index (χ3n) is 5.19. The Morgan fingerprint density at radius 1 is 0.971 bits per heavy atom. The van der Waals surface area contributed by atoms with Gasteiger partial charge in [0.15, 0.2) is 11.6 Å². The minimum atomic E-state index is -4.51. The maximum absolute atomic E-state index is 13.3. The maximum Gasteiger partial charge on any atom is 0.416 e. The number of carbonyl (C=O) groups excluding carboxylic acids is 1. The van der Waals surface area contributed by atoms with E-state index in [1.807, 2.05) is 18.2 Å². The molecule has 1 aromatic carbocycles. The molecule has 0 saturated heterocycles. The largest absolute Gasteiger partial charge is 0.416 e. The highest BCUT2D eigenvalue weighted by Crippen LogP contribution is 2.31. The number of aromatic nitrogens is 6. The number of nitrogens with zero attached hydrogens (tertiary/aromatic N) is 6. The Bertz CT molecular complexity index is 1450. The average Bonchev–Trinajstić information content (AvgIpc) is 3.60. The lowest BCUT2D eigenvalue weighted by molar-refractivity contribution is -0.137. The van der Waals surface area contributed by atoms with Gasteiger partial charge in [0.1, 0.15) is 5.56 Å². The molecule has 4 aromatic heterocycles. The van der Waals surface area contributed by atoms with E-state index in [1.165, 1.54) is 23.0 Å². The van der Waals surface area contributed by atoms with Crippen molar-refractivity contribution in [1.29, 1.82) is 0 Å². The lowest BCUT2D eigenvalue weighted by Crippen LogP contribution is -2.16. The number of hydrogen-bond acceptors (Lipinski definition) is 4. The molecule has 35 heavy (non-hydrogen) atoms. The molecule has 0 fully saturated rings. The van der Waals surface area contributed by atoms with Gasteiger partial charge in [-0.2, -0.15) is 23.4 Å². The Morgan fingerprint density at radius 2 is 1.80 bits per heavy atom. The Kier molecular flexibility index (Phi) is 5.65. The van der Waals surface area contributed by atoms with Crippen LogP contribution in [0.5, 0.6) is 0 Å². The summed E-state index contributed by atoms with van der Waals surface area (Å²) in [5.74, 6) is 0.103. The van der Waals surface area contributed by atoms with Gasteiger partial charge in [0.2, 0.25) is 0 Å². The Morgan fingerprint density at radius 3 is 2.54 bits per heavy atom. The molecule has 176 valence electrons. The molecule has 0 unspecified atom stereocenters. The first kappa shape index (κ1) is 22.1. The fourth-order valence-corrected chi connectivity index (χ4v) is 3.59. The third kappa shape index (κ3) is 4.69. The van der Waals surface area contributed by atoms with Crippen LogP contribution in [0.2, 0.25) is 0 Å². The first-order valence-corrected chi connectivity index (χ1v) is 10.5. The maximum atomic E-state index is 13.3. The van der Waals surface area contributed by atoms with Crippen molar-refractivity contribution in [2.75, 3.05) is 5.32 Å². The van der Waals surface area contributed by atoms with E-state index in [1.54, 1.807) is 52.2 Å². The molecule has 4 heterocycles. The number of rotatable bonds is 6. The minimum absolute atomic E-state index is 0.165. The van der Waals surface area contributed by atoms with Crippen LogP contribution in [0.1, 0.15) is 21.6 Å². The highest BCUT2D eigenvalue weighted by molar-refractivity contribution is 6.06. The summed E-state index contributed by atoms with van der Waals surface area (Å²) in [6.07, 6.45) is 3.56. The Balaban J connectivity index is 1.45. The lowest BCUT2D eigenvalue weighted by atomic mass is 10.2. The van der Waals surface area contributed by atoms with E-state index in [0.717, 1.165) is 17.8 Å². The van der Waals surface area contributed by atoms with E-state index in [-0.39, 0.29) is 11.3 Å². The van der Waals surface area contributed by atoms with Gasteiger partial charge in [-0.25, -0.2) is 4.68 Å². The summed E-state index contributed by atoms with van der Waals surface area (Å²) < 4.78 is 44.3. The van der Waals surface area contributed by atoms with Crippen LogP contribution in [-0.4, -0.2) is 35.0 Å². The van der Waals surface area contributed by atoms with Crippen molar-refractivity contribution in [3.63, 3.8) is 0 Å². The van der Waals surface area contributed by atoms with Crippen LogP contribution >= 0.6 is 0 Å². The Labute approximate surface area is 197 Å². The lowest BCUT2D eigenvalue weighted by Gasteiger charge is -2.13. The summed E-state index contributed by atoms with van der Waals surface area (Å²) in [7, 11) is 0.